The molecule has 0 bridgehead atoms. The molecule has 0 saturated heterocycles. The number of rotatable bonds is 2. The number of pyridine rings is 4. The summed E-state index contributed by atoms with van der Waals surface area (Å²) in [5, 5.41) is 43.4. The number of carboxylic acids is 2. The average Bonchev–Trinajstić information content (AvgIpc) is 3.14. The Morgan fingerprint density at radius 1 is 0.549 bits per heavy atom. The Balaban J connectivity index is 0.000000153. The molecule has 4 aromatic carbocycles. The minimum atomic E-state index is -1.44. The number of carbonyl (C=O) groups is 2. The zero-order chi connectivity index (χ0) is 35.6. The second kappa shape index (κ2) is 18.0. The Hall–Kier alpha value is -5.44. The van der Waals surface area contributed by atoms with Gasteiger partial charge in [-0.25, -0.2) is 4.79 Å². The molecule has 248 valence electrons. The molecule has 0 aliphatic carbocycles. The topological polar surface area (TPSA) is 172 Å². The standard InChI is InChI=1S/2C12H8N2.2C7H5ClO3.Cd/c2*1-3-9-5-6-10-4-2-8-14-12(10)11(9)13-7-1;2*8-4-1-2-6(9)5(3-4)7(10)11;/h2*1-8H;2*1-3,9H,(H,10,11);/q;;;;+2/p-2. The molecule has 0 aliphatic rings. The molecule has 0 amide bonds. The maximum Gasteiger partial charge on any atom is 2.00 e. The molecule has 0 fully saturated rings. The molecule has 0 saturated carbocycles. The van der Waals surface area contributed by atoms with Crippen molar-refractivity contribution in [1.29, 1.82) is 0 Å². The van der Waals surface area contributed by atoms with E-state index in [0.717, 1.165) is 61.8 Å². The molecule has 0 unspecified atom stereocenters. The number of benzene rings is 4. The summed E-state index contributed by atoms with van der Waals surface area (Å²) in [7, 11) is 0. The number of fused-ring (bicyclic) bond motifs is 6. The van der Waals surface area contributed by atoms with Crippen LogP contribution >= 0.6 is 23.2 Å². The molecule has 0 aliphatic heterocycles. The van der Waals surface area contributed by atoms with E-state index in [9.17, 15) is 19.8 Å². The number of aromatic carboxylic acids is 2. The number of aromatic hydroxyl groups is 1. The van der Waals surface area contributed by atoms with Gasteiger partial charge in [-0.05, 0) is 54.6 Å². The van der Waals surface area contributed by atoms with Crippen molar-refractivity contribution in [3.63, 3.8) is 0 Å². The minimum absolute atomic E-state index is 0. The summed E-state index contributed by atoms with van der Waals surface area (Å²) in [6.45, 7) is 0. The molecule has 4 aromatic heterocycles. The number of hydrogen-bond acceptors (Lipinski definition) is 9. The third kappa shape index (κ3) is 9.84. The van der Waals surface area contributed by atoms with Crippen molar-refractivity contribution in [2.75, 3.05) is 0 Å². The van der Waals surface area contributed by atoms with E-state index in [2.05, 4.69) is 68.5 Å². The predicted molar refractivity (Wildman–Crippen MR) is 189 cm³/mol. The van der Waals surface area contributed by atoms with Gasteiger partial charge >= 0.3 is 33.3 Å². The van der Waals surface area contributed by atoms with E-state index in [1.165, 1.54) is 18.2 Å². The number of aromatic nitrogens is 4. The molecule has 8 rings (SSSR count). The van der Waals surface area contributed by atoms with Gasteiger partial charge in [-0.1, -0.05) is 83.5 Å². The van der Waals surface area contributed by atoms with Crippen molar-refractivity contribution >= 4 is 78.8 Å². The molecule has 8 aromatic rings. The first kappa shape index (κ1) is 38.4. The summed E-state index contributed by atoms with van der Waals surface area (Å²) in [6, 6.07) is 31.6. The SMILES string of the molecule is O=C(O)c1cc(Cl)ccc1[O-].O=C([O-])c1cc(Cl)ccc1O.[Cd+2].c1cnc2c(c1)ccc1cccnc12.c1cnc2c(c1)ccc1cccnc12. The third-order valence-electron chi connectivity index (χ3n) is 7.04. The minimum Gasteiger partial charge on any atom is -0.872 e. The molecule has 0 radical (unpaired) electrons. The first-order chi connectivity index (χ1) is 24.1. The second-order valence-corrected chi connectivity index (χ2v) is 11.2. The maximum absolute atomic E-state index is 10.8. The predicted octanol–water partition coefficient (Wildman–Crippen LogP) is 7.08. The van der Waals surface area contributed by atoms with Crippen molar-refractivity contribution in [1.82, 2.24) is 19.9 Å². The van der Waals surface area contributed by atoms with Crippen LogP contribution in [0.15, 0.2) is 134 Å². The fraction of sp³-hybridized carbons (Fsp3) is 0. The Morgan fingerprint density at radius 3 is 1.22 bits per heavy atom. The number of nitrogens with zero attached hydrogens (tertiary/aromatic N) is 4. The van der Waals surface area contributed by atoms with Crippen LogP contribution in [0, 0.1) is 0 Å². The van der Waals surface area contributed by atoms with Gasteiger partial charge < -0.3 is 25.2 Å². The van der Waals surface area contributed by atoms with Crippen LogP contribution < -0.4 is 10.2 Å². The molecule has 10 nitrogen and oxygen atoms in total. The van der Waals surface area contributed by atoms with Gasteiger partial charge in [-0.3, -0.25) is 19.9 Å². The molecule has 0 spiro atoms. The number of carbonyl (C=O) groups excluding carboxylic acids is 1. The summed E-state index contributed by atoms with van der Waals surface area (Å²) >= 11 is 10.9. The van der Waals surface area contributed by atoms with Crippen LogP contribution in [0.5, 0.6) is 11.5 Å². The Labute approximate surface area is 320 Å². The largest absolute Gasteiger partial charge is 2.00 e. The van der Waals surface area contributed by atoms with Crippen LogP contribution in [0.3, 0.4) is 0 Å². The molecule has 4 heterocycles. The van der Waals surface area contributed by atoms with Gasteiger partial charge in [-0.2, -0.15) is 0 Å². The molecule has 2 N–H and O–H groups in total. The van der Waals surface area contributed by atoms with Crippen LogP contribution in [0.25, 0.3) is 43.6 Å². The van der Waals surface area contributed by atoms with Gasteiger partial charge in [0.25, 0.3) is 0 Å². The van der Waals surface area contributed by atoms with Crippen LogP contribution in [0.2, 0.25) is 10.0 Å². The summed E-state index contributed by atoms with van der Waals surface area (Å²) in [6.07, 6.45) is 7.21. The number of halogens is 2. The molecule has 0 atom stereocenters. The summed E-state index contributed by atoms with van der Waals surface area (Å²) in [4.78, 5) is 37.9. The van der Waals surface area contributed by atoms with E-state index < -0.39 is 17.7 Å². The zero-order valence-corrected chi connectivity index (χ0v) is 32.0. The van der Waals surface area contributed by atoms with E-state index in [1.807, 2.05) is 24.3 Å². The molecule has 13 heteroatoms. The average molecular weight is 816 g/mol. The monoisotopic (exact) mass is 816 g/mol. The smallest absolute Gasteiger partial charge is 0.872 e. The summed E-state index contributed by atoms with van der Waals surface area (Å²) < 4.78 is 0. The van der Waals surface area contributed by atoms with Crippen LogP contribution in [0.4, 0.5) is 0 Å². The van der Waals surface area contributed by atoms with E-state index in [0.29, 0.717) is 0 Å². The second-order valence-electron chi connectivity index (χ2n) is 10.3. The summed E-state index contributed by atoms with van der Waals surface area (Å²) in [5.41, 5.74) is 3.32. The van der Waals surface area contributed by atoms with Crippen LogP contribution in [-0.2, 0) is 27.3 Å². The number of phenols is 1. The van der Waals surface area contributed by atoms with Crippen molar-refractivity contribution < 1.29 is 57.3 Å². The van der Waals surface area contributed by atoms with Crippen molar-refractivity contribution in [3.8, 4) is 11.5 Å². The fourth-order valence-corrected chi connectivity index (χ4v) is 5.04. The van der Waals surface area contributed by atoms with E-state index >= 15 is 0 Å². The van der Waals surface area contributed by atoms with Crippen molar-refractivity contribution in [3.05, 3.63) is 155 Å². The number of carboxylic acid groups (broad SMARTS) is 2. The third-order valence-corrected chi connectivity index (χ3v) is 7.51. The van der Waals surface area contributed by atoms with Crippen molar-refractivity contribution in [2.24, 2.45) is 0 Å². The quantitative estimate of drug-likeness (QED) is 0.136. The molecular formula is C38H24CdCl2N4O6. The van der Waals surface area contributed by atoms with Gasteiger partial charge in [0, 0.05) is 61.9 Å². The van der Waals surface area contributed by atoms with E-state index in [-0.39, 0.29) is 54.2 Å². The van der Waals surface area contributed by atoms with E-state index in [1.54, 1.807) is 24.8 Å². The normalized spacial score (nSPS) is 10.1. The summed E-state index contributed by atoms with van der Waals surface area (Å²) in [5.74, 6) is -3.56. The Morgan fingerprint density at radius 2 is 0.902 bits per heavy atom. The van der Waals surface area contributed by atoms with Gasteiger partial charge in [0.1, 0.15) is 5.75 Å². The molecule has 51 heavy (non-hydrogen) atoms. The first-order valence-corrected chi connectivity index (χ1v) is 15.4. The first-order valence-electron chi connectivity index (χ1n) is 14.7. The fourth-order valence-electron chi connectivity index (χ4n) is 4.70. The Bertz CT molecular complexity index is 2200. The van der Waals surface area contributed by atoms with Crippen LogP contribution in [0.1, 0.15) is 20.7 Å². The molecular weight excluding hydrogens is 792 g/mol. The number of hydrogen-bond donors (Lipinski definition) is 2. The van der Waals surface area contributed by atoms with Crippen LogP contribution in [-0.4, -0.2) is 42.1 Å². The zero-order valence-electron chi connectivity index (χ0n) is 26.5. The van der Waals surface area contributed by atoms with E-state index in [4.69, 9.17) is 33.4 Å². The Kier molecular flexibility index (Phi) is 13.5. The maximum atomic E-state index is 10.8. The van der Waals surface area contributed by atoms with Crippen molar-refractivity contribution in [2.45, 2.75) is 0 Å². The van der Waals surface area contributed by atoms with Gasteiger partial charge in [0.15, 0.2) is 0 Å². The van der Waals surface area contributed by atoms with Gasteiger partial charge in [-0.15, -0.1) is 0 Å². The van der Waals surface area contributed by atoms with Gasteiger partial charge in [0.05, 0.1) is 33.6 Å². The van der Waals surface area contributed by atoms with Gasteiger partial charge in [0.2, 0.25) is 0 Å².